The second kappa shape index (κ2) is 7.85. The van der Waals surface area contributed by atoms with E-state index in [9.17, 15) is 9.59 Å². The number of methoxy groups -OCH3 is 1. The molecular weight excluding hydrogens is 372 g/mol. The normalized spacial score (nSPS) is 10.7. The van der Waals surface area contributed by atoms with Gasteiger partial charge in [-0.25, -0.2) is 9.97 Å². The molecule has 4 aromatic rings. The molecule has 4 N–H and O–H groups in total. The highest BCUT2D eigenvalue weighted by Gasteiger charge is 2.21. The summed E-state index contributed by atoms with van der Waals surface area (Å²) in [6.07, 6.45) is 1.30. The van der Waals surface area contributed by atoms with E-state index in [1.165, 1.54) is 6.33 Å². The van der Waals surface area contributed by atoms with Crippen LogP contribution < -0.4 is 15.4 Å². The largest absolute Gasteiger partial charge is 0.496 e. The third-order valence-corrected chi connectivity index (χ3v) is 4.33. The number of hydrogen-bond donors (Lipinski definition) is 4. The van der Waals surface area contributed by atoms with Crippen LogP contribution in [0.4, 0.5) is 5.95 Å². The van der Waals surface area contributed by atoms with Crippen molar-refractivity contribution in [2.45, 2.75) is 6.54 Å². The van der Waals surface area contributed by atoms with Crippen LogP contribution in [0.3, 0.4) is 0 Å². The van der Waals surface area contributed by atoms with E-state index in [1.807, 2.05) is 48.5 Å². The number of imidazole rings is 2. The minimum atomic E-state index is -0.548. The van der Waals surface area contributed by atoms with Crippen molar-refractivity contribution >= 4 is 28.8 Å². The summed E-state index contributed by atoms with van der Waals surface area (Å²) in [5, 5.41) is 5.40. The van der Waals surface area contributed by atoms with Crippen LogP contribution in [-0.2, 0) is 6.54 Å². The summed E-state index contributed by atoms with van der Waals surface area (Å²) in [5.41, 5.74) is 2.37. The maximum absolute atomic E-state index is 12.6. The smallest absolute Gasteiger partial charge is 0.279 e. The Morgan fingerprint density at radius 3 is 2.69 bits per heavy atom. The highest BCUT2D eigenvalue weighted by Crippen LogP contribution is 2.17. The van der Waals surface area contributed by atoms with Crippen LogP contribution in [0.25, 0.3) is 11.0 Å². The molecule has 2 aromatic heterocycles. The highest BCUT2D eigenvalue weighted by molar-refractivity contribution is 6.09. The predicted molar refractivity (Wildman–Crippen MR) is 107 cm³/mol. The molecule has 0 aliphatic heterocycles. The van der Waals surface area contributed by atoms with Gasteiger partial charge in [-0.3, -0.25) is 14.9 Å². The molecule has 0 saturated carbocycles. The molecule has 2 aromatic carbocycles. The Morgan fingerprint density at radius 2 is 1.86 bits per heavy atom. The number of anilines is 1. The van der Waals surface area contributed by atoms with E-state index in [0.29, 0.717) is 5.75 Å². The number of hydrogen-bond acceptors (Lipinski definition) is 5. The summed E-state index contributed by atoms with van der Waals surface area (Å²) in [4.78, 5) is 39.2. The first-order valence-electron chi connectivity index (χ1n) is 8.85. The van der Waals surface area contributed by atoms with Gasteiger partial charge in [-0.1, -0.05) is 30.3 Å². The first-order chi connectivity index (χ1) is 14.2. The van der Waals surface area contributed by atoms with Crippen molar-refractivity contribution in [2.75, 3.05) is 12.4 Å². The standard InChI is InChI=1S/C20H18N6O3/c1-29-15-9-5-2-6-12(15)10-21-18(27)16-17(23-11-22-16)19(28)26-20-24-13-7-3-4-8-14(13)25-20/h2-9,11H,10H2,1H3,(H,21,27)(H,22,23)(H2,24,25,26,28). The van der Waals surface area contributed by atoms with Crippen molar-refractivity contribution in [3.05, 3.63) is 71.8 Å². The Balaban J connectivity index is 1.47. The number of para-hydroxylation sites is 3. The second-order valence-corrected chi connectivity index (χ2v) is 6.18. The number of nitrogens with one attached hydrogen (secondary N) is 4. The van der Waals surface area contributed by atoms with E-state index in [1.54, 1.807) is 7.11 Å². The summed E-state index contributed by atoms with van der Waals surface area (Å²) >= 11 is 0. The van der Waals surface area contributed by atoms with Crippen molar-refractivity contribution in [2.24, 2.45) is 0 Å². The highest BCUT2D eigenvalue weighted by atomic mass is 16.5. The Kier molecular flexibility index (Phi) is 4.93. The zero-order chi connectivity index (χ0) is 20.2. The monoisotopic (exact) mass is 390 g/mol. The SMILES string of the molecule is COc1ccccc1CNC(=O)c1[nH]cnc1C(=O)Nc1nc2ccccc2[nH]1. The molecule has 0 aliphatic rings. The van der Waals surface area contributed by atoms with Gasteiger partial charge in [0.05, 0.1) is 24.5 Å². The summed E-state index contributed by atoms with van der Waals surface area (Å²) in [5.74, 6) is -0.0595. The van der Waals surface area contributed by atoms with E-state index in [2.05, 4.69) is 30.6 Å². The molecule has 2 amide bonds. The number of H-pyrrole nitrogens is 2. The molecule has 0 spiro atoms. The van der Waals surface area contributed by atoms with E-state index < -0.39 is 11.8 Å². The summed E-state index contributed by atoms with van der Waals surface area (Å²) in [7, 11) is 1.57. The van der Waals surface area contributed by atoms with Gasteiger partial charge in [0.1, 0.15) is 11.4 Å². The molecule has 0 radical (unpaired) electrons. The van der Waals surface area contributed by atoms with Gasteiger partial charge in [-0.2, -0.15) is 0 Å². The Morgan fingerprint density at radius 1 is 1.07 bits per heavy atom. The minimum absolute atomic E-state index is 0.0250. The van der Waals surface area contributed by atoms with E-state index in [4.69, 9.17) is 4.74 Å². The number of aromatic amines is 2. The van der Waals surface area contributed by atoms with Gasteiger partial charge in [-0.05, 0) is 18.2 Å². The molecule has 0 atom stereocenters. The van der Waals surface area contributed by atoms with Crippen LogP contribution in [0.1, 0.15) is 26.5 Å². The van der Waals surface area contributed by atoms with Gasteiger partial charge < -0.3 is 20.0 Å². The summed E-state index contributed by atoms with van der Waals surface area (Å²) in [6.45, 7) is 0.243. The number of carbonyl (C=O) groups excluding carboxylic acids is 2. The molecular formula is C20H18N6O3. The molecule has 0 bridgehead atoms. The molecule has 146 valence electrons. The maximum atomic E-state index is 12.6. The molecule has 4 rings (SSSR count). The molecule has 9 nitrogen and oxygen atoms in total. The van der Waals surface area contributed by atoms with Crippen LogP contribution >= 0.6 is 0 Å². The Labute approximate surface area is 165 Å². The molecule has 29 heavy (non-hydrogen) atoms. The Hall–Kier alpha value is -4.14. The molecule has 0 aliphatic carbocycles. The number of aromatic nitrogens is 4. The van der Waals surface area contributed by atoms with E-state index in [-0.39, 0.29) is 23.9 Å². The van der Waals surface area contributed by atoms with Crippen LogP contribution in [0.5, 0.6) is 5.75 Å². The van der Waals surface area contributed by atoms with Crippen molar-refractivity contribution in [1.82, 2.24) is 25.3 Å². The van der Waals surface area contributed by atoms with Crippen LogP contribution in [-0.4, -0.2) is 38.9 Å². The minimum Gasteiger partial charge on any atom is -0.496 e. The van der Waals surface area contributed by atoms with Gasteiger partial charge in [-0.15, -0.1) is 0 Å². The maximum Gasteiger partial charge on any atom is 0.279 e. The lowest BCUT2D eigenvalue weighted by molar-refractivity contribution is 0.0932. The lowest BCUT2D eigenvalue weighted by atomic mass is 10.2. The number of carbonyl (C=O) groups is 2. The lowest BCUT2D eigenvalue weighted by Gasteiger charge is -2.09. The number of rotatable bonds is 6. The predicted octanol–water partition coefficient (Wildman–Crippen LogP) is 2.48. The average Bonchev–Trinajstić information content (AvgIpc) is 3.38. The van der Waals surface area contributed by atoms with Crippen LogP contribution in [0, 0.1) is 0 Å². The van der Waals surface area contributed by atoms with E-state index >= 15 is 0 Å². The number of amides is 2. The molecule has 0 saturated heterocycles. The number of ether oxygens (including phenoxy) is 1. The van der Waals surface area contributed by atoms with Crippen LogP contribution in [0.2, 0.25) is 0 Å². The van der Waals surface area contributed by atoms with Crippen molar-refractivity contribution in [3.63, 3.8) is 0 Å². The van der Waals surface area contributed by atoms with Gasteiger partial charge in [0.25, 0.3) is 11.8 Å². The number of fused-ring (bicyclic) bond motifs is 1. The molecule has 0 unspecified atom stereocenters. The quantitative estimate of drug-likeness (QED) is 0.403. The summed E-state index contributed by atoms with van der Waals surface area (Å²) in [6, 6.07) is 14.8. The first-order valence-corrected chi connectivity index (χ1v) is 8.85. The molecule has 9 heteroatoms. The topological polar surface area (TPSA) is 125 Å². The van der Waals surface area contributed by atoms with Crippen LogP contribution in [0.15, 0.2) is 54.9 Å². The van der Waals surface area contributed by atoms with E-state index in [0.717, 1.165) is 16.6 Å². The second-order valence-electron chi connectivity index (χ2n) is 6.18. The Bertz CT molecular complexity index is 1150. The zero-order valence-electron chi connectivity index (χ0n) is 15.5. The van der Waals surface area contributed by atoms with Gasteiger partial charge in [0.15, 0.2) is 5.69 Å². The lowest BCUT2D eigenvalue weighted by Crippen LogP contribution is -2.26. The third kappa shape index (κ3) is 3.79. The first kappa shape index (κ1) is 18.2. The molecule has 2 heterocycles. The van der Waals surface area contributed by atoms with Gasteiger partial charge >= 0.3 is 0 Å². The fourth-order valence-corrected chi connectivity index (χ4v) is 2.93. The fraction of sp³-hybridized carbons (Fsp3) is 0.100. The van der Waals surface area contributed by atoms with Gasteiger partial charge in [0.2, 0.25) is 5.95 Å². The van der Waals surface area contributed by atoms with Crippen molar-refractivity contribution in [1.29, 1.82) is 0 Å². The number of benzene rings is 2. The van der Waals surface area contributed by atoms with Crippen molar-refractivity contribution in [3.8, 4) is 5.75 Å². The third-order valence-electron chi connectivity index (χ3n) is 4.33. The number of nitrogens with zero attached hydrogens (tertiary/aromatic N) is 2. The zero-order valence-corrected chi connectivity index (χ0v) is 15.5. The molecule has 0 fully saturated rings. The van der Waals surface area contributed by atoms with Gasteiger partial charge in [0, 0.05) is 12.1 Å². The fourth-order valence-electron chi connectivity index (χ4n) is 2.93. The average molecular weight is 390 g/mol. The van der Waals surface area contributed by atoms with Crippen molar-refractivity contribution < 1.29 is 14.3 Å². The summed E-state index contributed by atoms with van der Waals surface area (Å²) < 4.78 is 5.28.